The van der Waals surface area contributed by atoms with E-state index in [1.807, 2.05) is 0 Å². The molecule has 0 aliphatic carbocycles. The lowest BCUT2D eigenvalue weighted by Crippen LogP contribution is -2.26. The third-order valence-electron chi connectivity index (χ3n) is 6.97. The first kappa shape index (κ1) is 29.0. The monoisotopic (exact) mass is 539 g/mol. The highest BCUT2D eigenvalue weighted by Gasteiger charge is 2.20. The standard InChI is InChI=1S/C35H42NO2P/c1-26-14-13-19-30(24-36(22-28-15-9-7-10-16-28)23-29-17-11-8-12-18-29)34(26)39-32-21-31(35(3,4)5)20-27(2)33(32)38-25-37-6/h7-21,39H,22-25H2,1-6H3. The van der Waals surface area contributed by atoms with E-state index in [0.29, 0.717) is 8.58 Å². The summed E-state index contributed by atoms with van der Waals surface area (Å²) < 4.78 is 11.4. The lowest BCUT2D eigenvalue weighted by molar-refractivity contribution is 0.0514. The Bertz CT molecular complexity index is 1310. The van der Waals surface area contributed by atoms with E-state index >= 15 is 0 Å². The first-order valence-corrected chi connectivity index (χ1v) is 14.7. The summed E-state index contributed by atoms with van der Waals surface area (Å²) >= 11 is 0. The van der Waals surface area contributed by atoms with Gasteiger partial charge < -0.3 is 9.47 Å². The van der Waals surface area contributed by atoms with Gasteiger partial charge in [0.15, 0.2) is 6.79 Å². The van der Waals surface area contributed by atoms with Crippen molar-refractivity contribution in [2.75, 3.05) is 13.9 Å². The van der Waals surface area contributed by atoms with Crippen LogP contribution in [0, 0.1) is 13.8 Å². The molecule has 4 aromatic rings. The van der Waals surface area contributed by atoms with Crippen molar-refractivity contribution in [1.82, 2.24) is 4.90 Å². The van der Waals surface area contributed by atoms with Crippen LogP contribution >= 0.6 is 8.58 Å². The van der Waals surface area contributed by atoms with Crippen molar-refractivity contribution in [3.8, 4) is 5.75 Å². The maximum absolute atomic E-state index is 6.15. The Balaban J connectivity index is 1.71. The fourth-order valence-corrected chi connectivity index (χ4v) is 6.36. The molecule has 0 aliphatic heterocycles. The molecule has 0 aliphatic rings. The van der Waals surface area contributed by atoms with Gasteiger partial charge in [-0.2, -0.15) is 0 Å². The molecule has 4 heteroatoms. The Morgan fingerprint density at radius 3 is 1.90 bits per heavy atom. The molecule has 0 aromatic heterocycles. The summed E-state index contributed by atoms with van der Waals surface area (Å²) in [6, 6.07) is 32.9. The van der Waals surface area contributed by atoms with Crippen LogP contribution in [-0.2, 0) is 29.8 Å². The van der Waals surface area contributed by atoms with Crippen molar-refractivity contribution in [1.29, 1.82) is 0 Å². The summed E-state index contributed by atoms with van der Waals surface area (Å²) in [5.41, 5.74) is 7.89. The maximum Gasteiger partial charge on any atom is 0.188 e. The van der Waals surface area contributed by atoms with Crippen LogP contribution in [0.2, 0.25) is 0 Å². The average molecular weight is 540 g/mol. The average Bonchev–Trinajstić information content (AvgIpc) is 2.90. The van der Waals surface area contributed by atoms with Gasteiger partial charge in [-0.05, 0) is 64.0 Å². The molecule has 0 amide bonds. The van der Waals surface area contributed by atoms with Gasteiger partial charge in [0, 0.05) is 32.0 Å². The van der Waals surface area contributed by atoms with Gasteiger partial charge in [0.05, 0.1) is 0 Å². The first-order valence-electron chi connectivity index (χ1n) is 13.7. The number of ether oxygens (including phenoxy) is 2. The number of rotatable bonds is 11. The van der Waals surface area contributed by atoms with Crippen molar-refractivity contribution < 1.29 is 9.47 Å². The predicted molar refractivity (Wildman–Crippen MR) is 167 cm³/mol. The number of methoxy groups -OCH3 is 1. The summed E-state index contributed by atoms with van der Waals surface area (Å²) in [5, 5.41) is 2.64. The molecule has 0 saturated heterocycles. The van der Waals surface area contributed by atoms with Crippen LogP contribution in [0.1, 0.15) is 54.2 Å². The van der Waals surface area contributed by atoms with E-state index in [1.165, 1.54) is 38.4 Å². The maximum atomic E-state index is 6.15. The number of hydrogen-bond acceptors (Lipinski definition) is 3. The molecule has 204 valence electrons. The molecule has 0 N–H and O–H groups in total. The van der Waals surface area contributed by atoms with Gasteiger partial charge in [-0.3, -0.25) is 4.90 Å². The van der Waals surface area contributed by atoms with Gasteiger partial charge in [0.1, 0.15) is 5.75 Å². The van der Waals surface area contributed by atoms with Gasteiger partial charge in [0.2, 0.25) is 0 Å². The molecule has 0 fully saturated rings. The van der Waals surface area contributed by atoms with Gasteiger partial charge in [-0.1, -0.05) is 114 Å². The zero-order chi connectivity index (χ0) is 27.8. The SMILES string of the molecule is COCOc1c(C)cc(C(C)(C)C)cc1Pc1c(C)cccc1CN(Cc1ccccc1)Cc1ccccc1. The highest BCUT2D eigenvalue weighted by atomic mass is 31.1. The van der Waals surface area contributed by atoms with Crippen molar-refractivity contribution in [3.05, 3.63) is 124 Å². The fraction of sp³-hybridized carbons (Fsp3) is 0.314. The molecule has 0 spiro atoms. The molecule has 1 unspecified atom stereocenters. The minimum absolute atomic E-state index is 0.0561. The molecular weight excluding hydrogens is 497 g/mol. The lowest BCUT2D eigenvalue weighted by Gasteiger charge is -2.26. The highest BCUT2D eigenvalue weighted by Crippen LogP contribution is 2.32. The van der Waals surface area contributed by atoms with Crippen molar-refractivity contribution >= 4 is 19.2 Å². The fourth-order valence-electron chi connectivity index (χ4n) is 4.87. The summed E-state index contributed by atoms with van der Waals surface area (Å²) in [7, 11) is 2.16. The normalized spacial score (nSPS) is 12.0. The summed E-state index contributed by atoms with van der Waals surface area (Å²) in [4.78, 5) is 2.55. The first-order chi connectivity index (χ1) is 18.7. The van der Waals surface area contributed by atoms with Crippen LogP contribution in [0.4, 0.5) is 0 Å². The van der Waals surface area contributed by atoms with E-state index in [9.17, 15) is 0 Å². The van der Waals surface area contributed by atoms with Crippen LogP contribution in [0.25, 0.3) is 0 Å². The number of hydrogen-bond donors (Lipinski definition) is 0. The quantitative estimate of drug-likeness (QED) is 0.146. The number of benzene rings is 4. The van der Waals surface area contributed by atoms with E-state index in [4.69, 9.17) is 9.47 Å². The smallest absolute Gasteiger partial charge is 0.188 e. The molecule has 1 atom stereocenters. The van der Waals surface area contributed by atoms with Crippen molar-refractivity contribution in [2.45, 2.75) is 59.7 Å². The van der Waals surface area contributed by atoms with Gasteiger partial charge in [0.25, 0.3) is 0 Å². The number of aryl methyl sites for hydroxylation is 2. The largest absolute Gasteiger partial charge is 0.467 e. The van der Waals surface area contributed by atoms with Crippen LogP contribution < -0.4 is 15.3 Å². The third kappa shape index (κ3) is 8.02. The molecule has 4 rings (SSSR count). The predicted octanol–water partition coefficient (Wildman–Crippen LogP) is 7.42. The Morgan fingerprint density at radius 1 is 0.718 bits per heavy atom. The summed E-state index contributed by atoms with van der Waals surface area (Å²) in [6.45, 7) is 14.1. The molecule has 0 radical (unpaired) electrons. The van der Waals surface area contributed by atoms with E-state index in [2.05, 4.69) is 131 Å². The van der Waals surface area contributed by atoms with E-state index in [1.54, 1.807) is 7.11 Å². The van der Waals surface area contributed by atoms with E-state index in [0.717, 1.165) is 30.9 Å². The Kier molecular flexibility index (Phi) is 9.97. The Hall–Kier alpha value is -2.97. The van der Waals surface area contributed by atoms with Gasteiger partial charge >= 0.3 is 0 Å². The molecule has 0 bridgehead atoms. The van der Waals surface area contributed by atoms with E-state index < -0.39 is 0 Å². The summed E-state index contributed by atoms with van der Waals surface area (Å²) in [5.74, 6) is 0.947. The van der Waals surface area contributed by atoms with E-state index in [-0.39, 0.29) is 12.2 Å². The molecule has 0 saturated carbocycles. The minimum atomic E-state index is 0.0561. The second-order valence-electron chi connectivity index (χ2n) is 11.3. The van der Waals surface area contributed by atoms with Gasteiger partial charge in [-0.15, -0.1) is 0 Å². The second-order valence-corrected chi connectivity index (χ2v) is 12.6. The van der Waals surface area contributed by atoms with Crippen LogP contribution in [0.3, 0.4) is 0 Å². The zero-order valence-corrected chi connectivity index (χ0v) is 25.3. The second kappa shape index (κ2) is 13.4. The van der Waals surface area contributed by atoms with Crippen LogP contribution in [-0.4, -0.2) is 18.8 Å². The topological polar surface area (TPSA) is 21.7 Å². The van der Waals surface area contributed by atoms with Crippen molar-refractivity contribution in [2.24, 2.45) is 0 Å². The number of nitrogens with zero attached hydrogens (tertiary/aromatic N) is 1. The minimum Gasteiger partial charge on any atom is -0.467 e. The molecule has 0 heterocycles. The molecule has 4 aromatic carbocycles. The molecular formula is C35H42NO2P. The Morgan fingerprint density at radius 2 is 1.33 bits per heavy atom. The summed E-state index contributed by atoms with van der Waals surface area (Å²) in [6.07, 6.45) is 0. The van der Waals surface area contributed by atoms with Crippen molar-refractivity contribution in [3.63, 3.8) is 0 Å². The van der Waals surface area contributed by atoms with Gasteiger partial charge in [-0.25, -0.2) is 0 Å². The highest BCUT2D eigenvalue weighted by molar-refractivity contribution is 7.56. The molecule has 39 heavy (non-hydrogen) atoms. The van der Waals surface area contributed by atoms with Crippen LogP contribution in [0.5, 0.6) is 5.75 Å². The zero-order valence-electron chi connectivity index (χ0n) is 24.3. The lowest BCUT2D eigenvalue weighted by atomic mass is 9.86. The Labute approximate surface area is 237 Å². The molecule has 3 nitrogen and oxygen atoms in total. The third-order valence-corrected chi connectivity index (χ3v) is 8.58. The van der Waals surface area contributed by atoms with Crippen LogP contribution in [0.15, 0.2) is 91.0 Å².